The minimum atomic E-state index is -0.511. The van der Waals surface area contributed by atoms with Crippen LogP contribution in [0.3, 0.4) is 0 Å². The van der Waals surface area contributed by atoms with Gasteiger partial charge in [0.1, 0.15) is 17.0 Å². The molecule has 1 heterocycles. The Hall–Kier alpha value is -2.76. The number of nitrogens with one attached hydrogen (secondary N) is 2. The monoisotopic (exact) mass is 273 g/mol. The number of rotatable bonds is 2. The minimum Gasteiger partial charge on any atom is -0.321 e. The summed E-state index contributed by atoms with van der Waals surface area (Å²) < 4.78 is 26.5. The van der Waals surface area contributed by atoms with Crippen molar-refractivity contribution in [3.05, 3.63) is 59.8 Å². The third kappa shape index (κ3) is 2.11. The van der Waals surface area contributed by atoms with Gasteiger partial charge in [0.25, 0.3) is 5.91 Å². The Morgan fingerprint density at radius 1 is 1.15 bits per heavy atom. The van der Waals surface area contributed by atoms with Crippen LogP contribution in [-0.4, -0.2) is 16.1 Å². The second-order valence-corrected chi connectivity index (χ2v) is 4.20. The lowest BCUT2D eigenvalue weighted by Gasteiger charge is -2.03. The van der Waals surface area contributed by atoms with E-state index in [9.17, 15) is 13.6 Å². The first-order valence-corrected chi connectivity index (χ1v) is 5.84. The Bertz CT molecular complexity index is 798. The second kappa shape index (κ2) is 4.73. The normalized spacial score (nSPS) is 10.7. The van der Waals surface area contributed by atoms with Gasteiger partial charge in [0, 0.05) is 11.1 Å². The summed E-state index contributed by atoms with van der Waals surface area (Å²) >= 11 is 0. The van der Waals surface area contributed by atoms with E-state index in [-0.39, 0.29) is 11.2 Å². The Morgan fingerprint density at radius 2 is 1.95 bits per heavy atom. The molecular formula is C14H9F2N3O. The number of hydrogen-bond acceptors (Lipinski definition) is 2. The number of aromatic amines is 1. The number of halogens is 2. The Kier molecular flexibility index (Phi) is 2.90. The van der Waals surface area contributed by atoms with Crippen LogP contribution in [0.15, 0.2) is 42.5 Å². The average Bonchev–Trinajstić information content (AvgIpc) is 2.84. The average molecular weight is 273 g/mol. The largest absolute Gasteiger partial charge is 0.321 e. The van der Waals surface area contributed by atoms with Gasteiger partial charge in [-0.1, -0.05) is 18.2 Å². The van der Waals surface area contributed by atoms with Crippen LogP contribution in [0.1, 0.15) is 10.5 Å². The van der Waals surface area contributed by atoms with Gasteiger partial charge in [0.05, 0.1) is 0 Å². The van der Waals surface area contributed by atoms with Crippen molar-refractivity contribution in [3.8, 4) is 0 Å². The molecule has 0 saturated carbocycles. The SMILES string of the molecule is O=C(Nc1cccc(F)c1)c1[nH]nc2c(F)cccc12. The Labute approximate surface area is 112 Å². The van der Waals surface area contributed by atoms with Crippen LogP contribution in [0.4, 0.5) is 14.5 Å². The Morgan fingerprint density at radius 3 is 2.75 bits per heavy atom. The predicted octanol–water partition coefficient (Wildman–Crippen LogP) is 3.09. The summed E-state index contributed by atoms with van der Waals surface area (Å²) in [6, 6.07) is 9.84. The van der Waals surface area contributed by atoms with Gasteiger partial charge in [-0.3, -0.25) is 9.89 Å². The molecule has 0 unspecified atom stereocenters. The van der Waals surface area contributed by atoms with Gasteiger partial charge in [-0.15, -0.1) is 0 Å². The fraction of sp³-hybridized carbons (Fsp3) is 0. The number of carbonyl (C=O) groups is 1. The van der Waals surface area contributed by atoms with E-state index in [0.29, 0.717) is 11.1 Å². The summed E-state index contributed by atoms with van der Waals surface area (Å²) in [7, 11) is 0. The van der Waals surface area contributed by atoms with Gasteiger partial charge in [0.2, 0.25) is 0 Å². The number of H-pyrrole nitrogens is 1. The lowest BCUT2D eigenvalue weighted by Crippen LogP contribution is -2.12. The van der Waals surface area contributed by atoms with Gasteiger partial charge in [-0.05, 0) is 24.3 Å². The quantitative estimate of drug-likeness (QED) is 0.753. The highest BCUT2D eigenvalue weighted by molar-refractivity contribution is 6.11. The van der Waals surface area contributed by atoms with E-state index in [1.165, 1.54) is 30.3 Å². The van der Waals surface area contributed by atoms with Crippen molar-refractivity contribution < 1.29 is 13.6 Å². The summed E-state index contributed by atoms with van der Waals surface area (Å²) in [6.45, 7) is 0. The maximum Gasteiger partial charge on any atom is 0.274 e. The van der Waals surface area contributed by atoms with Crippen molar-refractivity contribution >= 4 is 22.5 Å². The van der Waals surface area contributed by atoms with E-state index in [1.807, 2.05) is 0 Å². The third-order valence-corrected chi connectivity index (χ3v) is 2.85. The van der Waals surface area contributed by atoms with E-state index in [0.717, 1.165) is 0 Å². The molecule has 3 aromatic rings. The maximum absolute atomic E-state index is 13.5. The molecule has 0 aliphatic heterocycles. The number of carbonyl (C=O) groups excluding carboxylic acids is 1. The van der Waals surface area contributed by atoms with Crippen molar-refractivity contribution in [1.29, 1.82) is 0 Å². The molecule has 1 aromatic heterocycles. The molecule has 3 rings (SSSR count). The fourth-order valence-electron chi connectivity index (χ4n) is 1.94. The van der Waals surface area contributed by atoms with Gasteiger partial charge >= 0.3 is 0 Å². The first-order chi connectivity index (χ1) is 9.65. The fourth-order valence-corrected chi connectivity index (χ4v) is 1.94. The molecule has 0 fully saturated rings. The van der Waals surface area contributed by atoms with Crippen LogP contribution >= 0.6 is 0 Å². The number of aromatic nitrogens is 2. The van der Waals surface area contributed by atoms with E-state index in [1.54, 1.807) is 12.1 Å². The first-order valence-electron chi connectivity index (χ1n) is 5.84. The molecule has 0 radical (unpaired) electrons. The van der Waals surface area contributed by atoms with Crippen LogP contribution in [0.5, 0.6) is 0 Å². The molecule has 2 N–H and O–H groups in total. The molecule has 2 aromatic carbocycles. The number of fused-ring (bicyclic) bond motifs is 1. The number of amides is 1. The standard InChI is InChI=1S/C14H9F2N3O/c15-8-3-1-4-9(7-8)17-14(20)13-10-5-2-6-11(16)12(10)18-19-13/h1-7H,(H,17,20)(H,18,19). The lowest BCUT2D eigenvalue weighted by molar-refractivity contribution is 0.102. The van der Waals surface area contributed by atoms with Gasteiger partial charge in [-0.25, -0.2) is 8.78 Å². The highest BCUT2D eigenvalue weighted by Gasteiger charge is 2.15. The zero-order valence-corrected chi connectivity index (χ0v) is 10.2. The summed E-state index contributed by atoms with van der Waals surface area (Å²) in [4.78, 5) is 12.1. The van der Waals surface area contributed by atoms with Crippen molar-refractivity contribution in [3.63, 3.8) is 0 Å². The summed E-state index contributed by atoms with van der Waals surface area (Å²) in [5.41, 5.74) is 0.537. The van der Waals surface area contributed by atoms with Crippen LogP contribution in [0, 0.1) is 11.6 Å². The van der Waals surface area contributed by atoms with Gasteiger partial charge < -0.3 is 5.32 Å². The third-order valence-electron chi connectivity index (χ3n) is 2.85. The van der Waals surface area contributed by atoms with Crippen molar-refractivity contribution in [2.24, 2.45) is 0 Å². The van der Waals surface area contributed by atoms with Crippen LogP contribution < -0.4 is 5.32 Å². The van der Waals surface area contributed by atoms with Crippen LogP contribution in [0.2, 0.25) is 0 Å². The topological polar surface area (TPSA) is 57.8 Å². The van der Waals surface area contributed by atoms with Crippen molar-refractivity contribution in [2.75, 3.05) is 5.32 Å². The second-order valence-electron chi connectivity index (χ2n) is 4.20. The molecule has 1 amide bonds. The molecule has 20 heavy (non-hydrogen) atoms. The molecule has 0 aliphatic rings. The predicted molar refractivity (Wildman–Crippen MR) is 70.4 cm³/mol. The van der Waals surface area contributed by atoms with Crippen molar-refractivity contribution in [2.45, 2.75) is 0 Å². The van der Waals surface area contributed by atoms with E-state index >= 15 is 0 Å². The highest BCUT2D eigenvalue weighted by atomic mass is 19.1. The molecule has 6 heteroatoms. The highest BCUT2D eigenvalue weighted by Crippen LogP contribution is 2.19. The summed E-state index contributed by atoms with van der Waals surface area (Å²) in [6.07, 6.45) is 0. The zero-order chi connectivity index (χ0) is 14.1. The van der Waals surface area contributed by atoms with Crippen LogP contribution in [-0.2, 0) is 0 Å². The summed E-state index contributed by atoms with van der Waals surface area (Å²) in [5.74, 6) is -1.48. The molecule has 0 saturated heterocycles. The molecule has 0 spiro atoms. The molecule has 4 nitrogen and oxygen atoms in total. The van der Waals surface area contributed by atoms with Gasteiger partial charge in [-0.2, -0.15) is 5.10 Å². The van der Waals surface area contributed by atoms with E-state index in [4.69, 9.17) is 0 Å². The van der Waals surface area contributed by atoms with E-state index < -0.39 is 17.5 Å². The number of anilines is 1. The number of benzene rings is 2. The van der Waals surface area contributed by atoms with Crippen molar-refractivity contribution in [1.82, 2.24) is 10.2 Å². The Balaban J connectivity index is 1.95. The zero-order valence-electron chi connectivity index (χ0n) is 10.2. The summed E-state index contributed by atoms with van der Waals surface area (Å²) in [5, 5.41) is 9.16. The molecule has 0 bridgehead atoms. The molecule has 0 atom stereocenters. The maximum atomic E-state index is 13.5. The molecule has 0 aliphatic carbocycles. The van der Waals surface area contributed by atoms with Crippen LogP contribution in [0.25, 0.3) is 10.9 Å². The lowest BCUT2D eigenvalue weighted by atomic mass is 10.2. The van der Waals surface area contributed by atoms with E-state index in [2.05, 4.69) is 15.5 Å². The first kappa shape index (κ1) is 12.3. The number of hydrogen-bond donors (Lipinski definition) is 2. The molecular weight excluding hydrogens is 264 g/mol. The number of nitrogens with zero attached hydrogens (tertiary/aromatic N) is 1. The molecule has 100 valence electrons. The minimum absolute atomic E-state index is 0.0943. The smallest absolute Gasteiger partial charge is 0.274 e. The number of para-hydroxylation sites is 1. The van der Waals surface area contributed by atoms with Gasteiger partial charge in [0.15, 0.2) is 5.82 Å².